The van der Waals surface area contributed by atoms with Gasteiger partial charge in [0.1, 0.15) is 5.82 Å². The van der Waals surface area contributed by atoms with Crippen molar-refractivity contribution < 1.29 is 9.50 Å². The zero-order valence-corrected chi connectivity index (χ0v) is 12.7. The molecule has 3 heteroatoms. The van der Waals surface area contributed by atoms with Crippen LogP contribution >= 0.6 is 0 Å². The molecule has 0 aliphatic heterocycles. The van der Waals surface area contributed by atoms with E-state index < -0.39 is 0 Å². The summed E-state index contributed by atoms with van der Waals surface area (Å²) in [7, 11) is 0. The minimum atomic E-state index is -0.289. The molecular formula is C17H26FNO. The highest BCUT2D eigenvalue weighted by Crippen LogP contribution is 2.37. The normalized spacial score (nSPS) is 24.2. The molecule has 20 heavy (non-hydrogen) atoms. The molecule has 0 bridgehead atoms. The Labute approximate surface area is 121 Å². The maximum atomic E-state index is 13.1. The van der Waals surface area contributed by atoms with Crippen molar-refractivity contribution in [2.24, 2.45) is 5.41 Å². The van der Waals surface area contributed by atoms with Gasteiger partial charge in [0.05, 0.1) is 6.10 Å². The molecule has 1 atom stereocenters. The van der Waals surface area contributed by atoms with Crippen LogP contribution in [0, 0.1) is 11.2 Å². The lowest BCUT2D eigenvalue weighted by atomic mass is 9.75. The fourth-order valence-electron chi connectivity index (χ4n) is 2.90. The van der Waals surface area contributed by atoms with Gasteiger partial charge < -0.3 is 10.4 Å². The van der Waals surface area contributed by atoms with Gasteiger partial charge in [0.15, 0.2) is 0 Å². The first-order chi connectivity index (χ1) is 9.33. The third-order valence-electron chi connectivity index (χ3n) is 3.95. The maximum Gasteiger partial charge on any atom is 0.123 e. The minimum absolute atomic E-state index is 0.153. The van der Waals surface area contributed by atoms with Gasteiger partial charge in [-0.3, -0.25) is 0 Å². The van der Waals surface area contributed by atoms with E-state index in [1.54, 1.807) is 12.1 Å². The summed E-state index contributed by atoms with van der Waals surface area (Å²) in [6, 6.07) is 7.35. The smallest absolute Gasteiger partial charge is 0.123 e. The van der Waals surface area contributed by atoms with Crippen molar-refractivity contribution in [2.75, 3.05) is 6.54 Å². The second-order valence-corrected chi connectivity index (χ2v) is 7.25. The van der Waals surface area contributed by atoms with Crippen molar-refractivity contribution in [1.82, 2.24) is 5.32 Å². The number of aliphatic hydroxyl groups excluding tert-OH is 1. The molecule has 0 heterocycles. The minimum Gasteiger partial charge on any atom is -0.392 e. The molecule has 0 saturated heterocycles. The Hall–Kier alpha value is -0.930. The topological polar surface area (TPSA) is 32.3 Å². The third kappa shape index (κ3) is 4.57. The molecule has 1 saturated carbocycles. The summed E-state index contributed by atoms with van der Waals surface area (Å²) in [5.41, 5.74) is 1.25. The van der Waals surface area contributed by atoms with Gasteiger partial charge in [-0.1, -0.05) is 32.9 Å². The third-order valence-corrected chi connectivity index (χ3v) is 3.95. The van der Waals surface area contributed by atoms with E-state index in [0.717, 1.165) is 24.8 Å². The Bertz CT molecular complexity index is 435. The number of hydrogen-bond acceptors (Lipinski definition) is 2. The van der Waals surface area contributed by atoms with Gasteiger partial charge in [0.25, 0.3) is 0 Å². The zero-order valence-electron chi connectivity index (χ0n) is 12.7. The van der Waals surface area contributed by atoms with Crippen molar-refractivity contribution in [3.05, 3.63) is 35.6 Å². The Morgan fingerprint density at radius 2 is 2.05 bits per heavy atom. The van der Waals surface area contributed by atoms with E-state index in [0.29, 0.717) is 18.5 Å². The first-order valence-corrected chi connectivity index (χ1v) is 7.50. The van der Waals surface area contributed by atoms with Crippen LogP contribution in [-0.4, -0.2) is 23.8 Å². The quantitative estimate of drug-likeness (QED) is 0.865. The van der Waals surface area contributed by atoms with E-state index in [2.05, 4.69) is 26.1 Å². The number of halogens is 1. The van der Waals surface area contributed by atoms with Gasteiger partial charge in [0, 0.05) is 12.6 Å². The lowest BCUT2D eigenvalue weighted by molar-refractivity contribution is 0.110. The second kappa shape index (κ2) is 6.23. The summed E-state index contributed by atoms with van der Waals surface area (Å²) in [5.74, 6) is 0.308. The number of rotatable bonds is 5. The van der Waals surface area contributed by atoms with E-state index >= 15 is 0 Å². The molecule has 1 unspecified atom stereocenters. The Kier molecular flexibility index (Phi) is 4.82. The molecule has 1 aliphatic rings. The molecular weight excluding hydrogens is 253 g/mol. The molecule has 112 valence electrons. The van der Waals surface area contributed by atoms with Crippen LogP contribution in [0.15, 0.2) is 24.3 Å². The molecule has 0 amide bonds. The highest BCUT2D eigenvalue weighted by atomic mass is 19.1. The molecule has 2 N–H and O–H groups in total. The lowest BCUT2D eigenvalue weighted by Crippen LogP contribution is -2.44. The molecule has 1 aromatic carbocycles. The van der Waals surface area contributed by atoms with Crippen LogP contribution in [0.2, 0.25) is 0 Å². The average molecular weight is 279 g/mol. The molecule has 1 aliphatic carbocycles. The largest absolute Gasteiger partial charge is 0.392 e. The molecule has 1 aromatic rings. The van der Waals surface area contributed by atoms with Crippen LogP contribution in [0.3, 0.4) is 0 Å². The summed E-state index contributed by atoms with van der Waals surface area (Å²) in [6.45, 7) is 7.07. The van der Waals surface area contributed by atoms with Gasteiger partial charge in [-0.25, -0.2) is 4.39 Å². The van der Waals surface area contributed by atoms with Gasteiger partial charge in [-0.05, 0) is 48.3 Å². The number of nitrogens with one attached hydrogen (secondary N) is 1. The fraction of sp³-hybridized carbons (Fsp3) is 0.647. The first kappa shape index (κ1) is 15.5. The molecule has 2 nitrogen and oxygen atoms in total. The highest BCUT2D eigenvalue weighted by molar-refractivity contribution is 5.23. The Morgan fingerprint density at radius 3 is 2.65 bits per heavy atom. The number of hydrogen-bond donors (Lipinski definition) is 2. The Morgan fingerprint density at radius 1 is 1.35 bits per heavy atom. The molecule has 0 radical (unpaired) electrons. The predicted molar refractivity (Wildman–Crippen MR) is 80.2 cm³/mol. The van der Waals surface area contributed by atoms with Crippen LogP contribution in [0.25, 0.3) is 0 Å². The second-order valence-electron chi connectivity index (χ2n) is 7.25. The van der Waals surface area contributed by atoms with Crippen LogP contribution in [0.5, 0.6) is 0 Å². The van der Waals surface area contributed by atoms with Crippen molar-refractivity contribution in [3.8, 4) is 0 Å². The van der Waals surface area contributed by atoms with Crippen molar-refractivity contribution in [1.29, 1.82) is 0 Å². The first-order valence-electron chi connectivity index (χ1n) is 7.50. The van der Waals surface area contributed by atoms with Gasteiger partial charge in [-0.2, -0.15) is 0 Å². The van der Waals surface area contributed by atoms with Crippen LogP contribution in [0.4, 0.5) is 4.39 Å². The maximum absolute atomic E-state index is 13.1. The average Bonchev–Trinajstić information content (AvgIpc) is 2.24. The number of benzene rings is 1. The summed E-state index contributed by atoms with van der Waals surface area (Å²) in [5, 5.41) is 13.4. The van der Waals surface area contributed by atoms with Gasteiger partial charge >= 0.3 is 0 Å². The molecule has 2 rings (SSSR count). The van der Waals surface area contributed by atoms with E-state index in [9.17, 15) is 9.50 Å². The van der Waals surface area contributed by atoms with E-state index in [1.165, 1.54) is 6.07 Å². The van der Waals surface area contributed by atoms with Crippen LogP contribution in [-0.2, 0) is 0 Å². The van der Waals surface area contributed by atoms with Gasteiger partial charge in [-0.15, -0.1) is 0 Å². The molecule has 0 spiro atoms. The van der Waals surface area contributed by atoms with Crippen molar-refractivity contribution in [2.45, 2.75) is 58.1 Å². The standard InChI is InChI=1S/C17H26FNO/c1-17(2,3)10-16(20)11-19-15-8-13(9-15)12-5-4-6-14(18)7-12/h4-7,13,15-16,19-20H,8-11H2,1-3H3. The molecule has 0 aromatic heterocycles. The lowest BCUT2D eigenvalue weighted by Gasteiger charge is -2.37. The number of aliphatic hydroxyl groups is 1. The fourth-order valence-corrected chi connectivity index (χ4v) is 2.90. The molecule has 1 fully saturated rings. The summed E-state index contributed by atoms with van der Waals surface area (Å²) >= 11 is 0. The predicted octanol–water partition coefficient (Wildman–Crippen LogP) is 3.46. The van der Waals surface area contributed by atoms with E-state index in [-0.39, 0.29) is 17.3 Å². The monoisotopic (exact) mass is 279 g/mol. The highest BCUT2D eigenvalue weighted by Gasteiger charge is 2.30. The summed E-state index contributed by atoms with van der Waals surface area (Å²) in [6.07, 6.45) is 2.58. The Balaban J connectivity index is 1.69. The van der Waals surface area contributed by atoms with Crippen LogP contribution in [0.1, 0.15) is 51.5 Å². The van der Waals surface area contributed by atoms with Crippen molar-refractivity contribution >= 4 is 0 Å². The zero-order chi connectivity index (χ0) is 14.8. The van der Waals surface area contributed by atoms with Crippen molar-refractivity contribution in [3.63, 3.8) is 0 Å². The SMILES string of the molecule is CC(C)(C)CC(O)CNC1CC(c2cccc(F)c2)C1. The summed E-state index contributed by atoms with van der Waals surface area (Å²) < 4.78 is 13.1. The summed E-state index contributed by atoms with van der Waals surface area (Å²) in [4.78, 5) is 0. The van der Waals surface area contributed by atoms with E-state index in [1.807, 2.05) is 6.07 Å². The van der Waals surface area contributed by atoms with E-state index in [4.69, 9.17) is 0 Å². The van der Waals surface area contributed by atoms with Crippen LogP contribution < -0.4 is 5.32 Å². The van der Waals surface area contributed by atoms with Gasteiger partial charge in [0.2, 0.25) is 0 Å².